The molecule has 0 aliphatic carbocycles. The molecule has 0 atom stereocenters. The molecule has 0 bridgehead atoms. The van der Waals surface area contributed by atoms with E-state index in [0.717, 1.165) is 16.8 Å². The number of thioether (sulfide) groups is 1. The molecule has 5 nitrogen and oxygen atoms in total. The summed E-state index contributed by atoms with van der Waals surface area (Å²) in [4.78, 5) is 25.1. The second-order valence-electron chi connectivity index (χ2n) is 5.64. The summed E-state index contributed by atoms with van der Waals surface area (Å²) in [5, 5.41) is 10.9. The van der Waals surface area contributed by atoms with Crippen LogP contribution in [0.3, 0.4) is 0 Å². The minimum atomic E-state index is -0.461. The Balaban J connectivity index is 1.94. The summed E-state index contributed by atoms with van der Waals surface area (Å²) in [6.45, 7) is 3.99. The topological polar surface area (TPSA) is 63.5 Å². The molecule has 0 N–H and O–H groups in total. The van der Waals surface area contributed by atoms with Crippen LogP contribution in [0.25, 0.3) is 6.08 Å². The Morgan fingerprint density at radius 3 is 2.60 bits per heavy atom. The molecular weight excluding hydrogens is 356 g/mol. The molecule has 3 rings (SSSR count). The average molecular weight is 370 g/mol. The van der Waals surface area contributed by atoms with Crippen molar-refractivity contribution in [1.29, 1.82) is 0 Å². The first-order valence-electron chi connectivity index (χ1n) is 7.46. The maximum absolute atomic E-state index is 12.8. The molecule has 1 aliphatic rings. The van der Waals surface area contributed by atoms with Crippen molar-refractivity contribution >= 4 is 51.7 Å². The smallest absolute Gasteiger partial charge is 0.268 e. The average Bonchev–Trinajstić information content (AvgIpc) is 2.84. The SMILES string of the molecule is Cc1ccc(N2C(=O)C(=Cc3cccc([N+](=O)[O-])c3)SC2=S)cc1C. The molecule has 25 heavy (non-hydrogen) atoms. The highest BCUT2D eigenvalue weighted by molar-refractivity contribution is 8.27. The number of aryl methyl sites for hydroxylation is 2. The summed E-state index contributed by atoms with van der Waals surface area (Å²) in [6, 6.07) is 11.9. The maximum atomic E-state index is 12.8. The number of non-ortho nitro benzene ring substituents is 1. The third kappa shape index (κ3) is 3.47. The van der Waals surface area contributed by atoms with Crippen LogP contribution in [0.2, 0.25) is 0 Å². The van der Waals surface area contributed by atoms with Crippen LogP contribution < -0.4 is 4.90 Å². The van der Waals surface area contributed by atoms with Crippen LogP contribution in [0.15, 0.2) is 47.4 Å². The van der Waals surface area contributed by atoms with E-state index in [9.17, 15) is 14.9 Å². The molecule has 1 saturated heterocycles. The van der Waals surface area contributed by atoms with E-state index >= 15 is 0 Å². The number of hydrogen-bond donors (Lipinski definition) is 0. The van der Waals surface area contributed by atoms with Gasteiger partial charge in [-0.05, 0) is 48.7 Å². The fourth-order valence-corrected chi connectivity index (χ4v) is 3.73. The van der Waals surface area contributed by atoms with Gasteiger partial charge in [0.05, 0.1) is 15.5 Å². The Bertz CT molecular complexity index is 938. The van der Waals surface area contributed by atoms with Gasteiger partial charge in [0.25, 0.3) is 11.6 Å². The minimum Gasteiger partial charge on any atom is -0.268 e. The number of carbonyl (C=O) groups is 1. The number of amides is 1. The predicted molar refractivity (Wildman–Crippen MR) is 105 cm³/mol. The van der Waals surface area contributed by atoms with Crippen LogP contribution in [0.1, 0.15) is 16.7 Å². The van der Waals surface area contributed by atoms with Crippen LogP contribution in [0.4, 0.5) is 11.4 Å². The van der Waals surface area contributed by atoms with Gasteiger partial charge in [0.15, 0.2) is 4.32 Å². The van der Waals surface area contributed by atoms with Gasteiger partial charge in [-0.1, -0.05) is 42.2 Å². The highest BCUT2D eigenvalue weighted by atomic mass is 32.2. The van der Waals surface area contributed by atoms with Gasteiger partial charge >= 0.3 is 0 Å². The lowest BCUT2D eigenvalue weighted by Gasteiger charge is -2.15. The molecule has 2 aromatic rings. The molecule has 126 valence electrons. The Morgan fingerprint density at radius 2 is 1.92 bits per heavy atom. The third-order valence-electron chi connectivity index (χ3n) is 3.92. The summed E-state index contributed by atoms with van der Waals surface area (Å²) >= 11 is 6.55. The molecule has 1 amide bonds. The summed E-state index contributed by atoms with van der Waals surface area (Å²) in [5.74, 6) is -0.218. The Hall–Kier alpha value is -2.51. The lowest BCUT2D eigenvalue weighted by atomic mass is 10.1. The van der Waals surface area contributed by atoms with Crippen LogP contribution in [0.5, 0.6) is 0 Å². The van der Waals surface area contributed by atoms with E-state index in [0.29, 0.717) is 14.8 Å². The summed E-state index contributed by atoms with van der Waals surface area (Å²) in [6.07, 6.45) is 1.63. The van der Waals surface area contributed by atoms with Crippen molar-refractivity contribution < 1.29 is 9.72 Å². The molecule has 0 radical (unpaired) electrons. The molecule has 7 heteroatoms. The Kier molecular flexibility index (Phi) is 4.69. The second kappa shape index (κ2) is 6.78. The molecule has 1 fully saturated rings. The van der Waals surface area contributed by atoms with Gasteiger partial charge < -0.3 is 0 Å². The van der Waals surface area contributed by atoms with Crippen molar-refractivity contribution in [2.75, 3.05) is 4.90 Å². The van der Waals surface area contributed by atoms with Crippen LogP contribution in [-0.2, 0) is 4.79 Å². The standard InChI is InChI=1S/C18H14N2O3S2/c1-11-6-7-14(8-12(11)2)19-17(21)16(25-18(19)24)10-13-4-3-5-15(9-13)20(22)23/h3-10H,1-2H3. The van der Waals surface area contributed by atoms with Crippen LogP contribution in [0, 0.1) is 24.0 Å². The predicted octanol–water partition coefficient (Wildman–Crippen LogP) is 4.62. The van der Waals surface area contributed by atoms with E-state index in [1.54, 1.807) is 18.2 Å². The summed E-state index contributed by atoms with van der Waals surface area (Å²) < 4.78 is 0.449. The van der Waals surface area contributed by atoms with Gasteiger partial charge in [-0.3, -0.25) is 19.8 Å². The van der Waals surface area contributed by atoms with Crippen molar-refractivity contribution in [2.24, 2.45) is 0 Å². The monoisotopic (exact) mass is 370 g/mol. The van der Waals surface area contributed by atoms with Crippen LogP contribution in [-0.4, -0.2) is 15.2 Å². The fourth-order valence-electron chi connectivity index (χ4n) is 2.43. The quantitative estimate of drug-likeness (QED) is 0.341. The van der Waals surface area contributed by atoms with E-state index in [-0.39, 0.29) is 11.6 Å². The van der Waals surface area contributed by atoms with Gasteiger partial charge in [-0.2, -0.15) is 0 Å². The highest BCUT2D eigenvalue weighted by Gasteiger charge is 2.33. The van der Waals surface area contributed by atoms with Crippen molar-refractivity contribution in [2.45, 2.75) is 13.8 Å². The van der Waals surface area contributed by atoms with Gasteiger partial charge in [-0.25, -0.2) is 0 Å². The van der Waals surface area contributed by atoms with Gasteiger partial charge in [0.2, 0.25) is 0 Å². The highest BCUT2D eigenvalue weighted by Crippen LogP contribution is 2.36. The largest absolute Gasteiger partial charge is 0.270 e. The first kappa shape index (κ1) is 17.3. The number of nitro groups is 1. The lowest BCUT2D eigenvalue weighted by molar-refractivity contribution is -0.384. The molecule has 0 saturated carbocycles. The van der Waals surface area contributed by atoms with E-state index in [2.05, 4.69) is 0 Å². The Morgan fingerprint density at radius 1 is 1.16 bits per heavy atom. The molecule has 0 unspecified atom stereocenters. The minimum absolute atomic E-state index is 0.0154. The fraction of sp³-hybridized carbons (Fsp3) is 0.111. The molecule has 0 aromatic heterocycles. The first-order valence-corrected chi connectivity index (χ1v) is 8.69. The number of nitrogens with zero attached hydrogens (tertiary/aromatic N) is 2. The summed E-state index contributed by atoms with van der Waals surface area (Å²) in [5.41, 5.74) is 3.52. The van der Waals surface area contributed by atoms with Gasteiger partial charge in [-0.15, -0.1) is 0 Å². The van der Waals surface area contributed by atoms with E-state index in [1.807, 2.05) is 32.0 Å². The van der Waals surface area contributed by atoms with Gasteiger partial charge in [0.1, 0.15) is 0 Å². The number of carbonyl (C=O) groups excluding carboxylic acids is 1. The van der Waals surface area contributed by atoms with E-state index in [1.165, 1.54) is 28.8 Å². The van der Waals surface area contributed by atoms with Crippen molar-refractivity contribution in [1.82, 2.24) is 0 Å². The molecular formula is C18H14N2O3S2. The van der Waals surface area contributed by atoms with Crippen molar-refractivity contribution in [3.63, 3.8) is 0 Å². The van der Waals surface area contributed by atoms with E-state index < -0.39 is 4.92 Å². The molecule has 1 aliphatic heterocycles. The third-order valence-corrected chi connectivity index (χ3v) is 5.22. The van der Waals surface area contributed by atoms with Gasteiger partial charge in [0, 0.05) is 12.1 Å². The number of rotatable bonds is 3. The zero-order valence-corrected chi connectivity index (χ0v) is 15.2. The molecule has 2 aromatic carbocycles. The van der Waals surface area contributed by atoms with E-state index in [4.69, 9.17) is 12.2 Å². The van der Waals surface area contributed by atoms with Crippen LogP contribution >= 0.6 is 24.0 Å². The number of benzene rings is 2. The number of hydrogen-bond acceptors (Lipinski definition) is 5. The lowest BCUT2D eigenvalue weighted by Crippen LogP contribution is -2.27. The number of anilines is 1. The molecule has 0 spiro atoms. The van der Waals surface area contributed by atoms with Crippen molar-refractivity contribution in [3.05, 3.63) is 74.2 Å². The Labute approximate surface area is 154 Å². The first-order chi connectivity index (χ1) is 11.9. The normalized spacial score (nSPS) is 15.9. The zero-order valence-electron chi connectivity index (χ0n) is 13.6. The molecule has 1 heterocycles. The van der Waals surface area contributed by atoms with Crippen molar-refractivity contribution in [3.8, 4) is 0 Å². The zero-order chi connectivity index (χ0) is 18.1. The second-order valence-corrected chi connectivity index (χ2v) is 7.31. The number of nitro benzene ring substituents is 1. The maximum Gasteiger partial charge on any atom is 0.270 e. The summed E-state index contributed by atoms with van der Waals surface area (Å²) in [7, 11) is 0. The number of thiocarbonyl (C=S) groups is 1.